The van der Waals surface area contributed by atoms with Gasteiger partial charge in [0.05, 0.1) is 15.6 Å². The molecule has 1 amide bonds. The van der Waals surface area contributed by atoms with Crippen molar-refractivity contribution in [2.45, 2.75) is 30.7 Å². The van der Waals surface area contributed by atoms with Crippen molar-refractivity contribution in [3.05, 3.63) is 63.4 Å². The smallest absolute Gasteiger partial charge is 0.255 e. The van der Waals surface area contributed by atoms with Gasteiger partial charge in [-0.1, -0.05) is 41.8 Å². The van der Waals surface area contributed by atoms with Crippen molar-refractivity contribution in [3.8, 4) is 0 Å². The van der Waals surface area contributed by atoms with Gasteiger partial charge in [0.1, 0.15) is 10.7 Å². The van der Waals surface area contributed by atoms with Gasteiger partial charge in [-0.2, -0.15) is 4.31 Å². The van der Waals surface area contributed by atoms with E-state index in [0.717, 1.165) is 24.8 Å². The van der Waals surface area contributed by atoms with Gasteiger partial charge in [0.2, 0.25) is 10.0 Å². The third kappa shape index (κ3) is 5.52. The summed E-state index contributed by atoms with van der Waals surface area (Å²) in [5, 5.41) is 0.155. The van der Waals surface area contributed by atoms with E-state index in [2.05, 4.69) is 4.90 Å². The quantitative estimate of drug-likeness (QED) is 0.598. The summed E-state index contributed by atoms with van der Waals surface area (Å²) in [5.41, 5.74) is 1.15. The second kappa shape index (κ2) is 10.3. The summed E-state index contributed by atoms with van der Waals surface area (Å²) >= 11 is 12.6. The minimum absolute atomic E-state index is 0.0197. The van der Waals surface area contributed by atoms with Crippen molar-refractivity contribution >= 4 is 39.1 Å². The van der Waals surface area contributed by atoms with Gasteiger partial charge < -0.3 is 4.90 Å². The molecule has 2 fully saturated rings. The summed E-state index contributed by atoms with van der Waals surface area (Å²) in [6.45, 7) is 3.81. The summed E-state index contributed by atoms with van der Waals surface area (Å²) in [6, 6.07) is 9.05. The van der Waals surface area contributed by atoms with Crippen molar-refractivity contribution in [3.63, 3.8) is 0 Å². The maximum absolute atomic E-state index is 13.2. The molecule has 0 saturated carbocycles. The molecule has 0 aliphatic carbocycles. The number of carbonyl (C=O) groups excluding carboxylic acids is 1. The molecule has 0 radical (unpaired) electrons. The molecule has 0 aromatic heterocycles. The number of amides is 1. The Labute approximate surface area is 203 Å². The van der Waals surface area contributed by atoms with Crippen LogP contribution >= 0.6 is 23.2 Å². The van der Waals surface area contributed by atoms with E-state index in [9.17, 15) is 17.6 Å². The topological polar surface area (TPSA) is 60.9 Å². The van der Waals surface area contributed by atoms with Gasteiger partial charge in [0, 0.05) is 45.8 Å². The lowest BCUT2D eigenvalue weighted by atomic mass is 10.1. The number of sulfonamides is 1. The molecule has 178 valence electrons. The number of benzene rings is 2. The Balaban J connectivity index is 1.47. The lowest BCUT2D eigenvalue weighted by Gasteiger charge is -2.35. The second-order valence-electron chi connectivity index (χ2n) is 8.42. The molecule has 0 N–H and O–H groups in total. The molecule has 0 spiro atoms. The normalized spacial score (nSPS) is 18.5. The predicted octanol–water partition coefficient (Wildman–Crippen LogP) is 4.27. The first-order chi connectivity index (χ1) is 15.8. The largest absolute Gasteiger partial charge is 0.336 e. The van der Waals surface area contributed by atoms with Crippen LogP contribution in [0.2, 0.25) is 10.0 Å². The lowest BCUT2D eigenvalue weighted by molar-refractivity contribution is 0.0628. The second-order valence-corrected chi connectivity index (χ2v) is 11.1. The minimum Gasteiger partial charge on any atom is -0.336 e. The number of halogens is 3. The Morgan fingerprint density at radius 3 is 2.15 bits per heavy atom. The fraction of sp³-hybridized carbons (Fsp3) is 0.435. The van der Waals surface area contributed by atoms with Crippen molar-refractivity contribution in [2.75, 3.05) is 39.3 Å². The first kappa shape index (κ1) is 24.4. The number of rotatable bonds is 5. The van der Waals surface area contributed by atoms with Crippen molar-refractivity contribution in [1.82, 2.24) is 14.1 Å². The maximum Gasteiger partial charge on any atom is 0.255 e. The third-order valence-corrected chi connectivity index (χ3v) is 8.84. The molecule has 33 heavy (non-hydrogen) atoms. The number of piperidine rings is 1. The Hall–Kier alpha value is -1.71. The lowest BCUT2D eigenvalue weighted by Crippen LogP contribution is -2.48. The van der Waals surface area contributed by atoms with E-state index in [0.29, 0.717) is 45.8 Å². The Kier molecular flexibility index (Phi) is 7.60. The summed E-state index contributed by atoms with van der Waals surface area (Å²) in [6.07, 6.45) is 2.61. The van der Waals surface area contributed by atoms with Crippen LogP contribution in [0.15, 0.2) is 41.3 Å². The molecule has 0 bridgehead atoms. The molecule has 10 heteroatoms. The fourth-order valence-electron chi connectivity index (χ4n) is 4.26. The average Bonchev–Trinajstić information content (AvgIpc) is 2.81. The highest BCUT2D eigenvalue weighted by Crippen LogP contribution is 2.32. The highest BCUT2D eigenvalue weighted by Gasteiger charge is 2.31. The van der Waals surface area contributed by atoms with Crippen molar-refractivity contribution in [1.29, 1.82) is 0 Å². The number of hydrogen-bond donors (Lipinski definition) is 0. The van der Waals surface area contributed by atoms with Crippen LogP contribution in [-0.4, -0.2) is 67.7 Å². The number of piperazine rings is 1. The Morgan fingerprint density at radius 2 is 1.52 bits per heavy atom. The molecular weight excluding hydrogens is 488 g/mol. The Bertz CT molecular complexity index is 1110. The van der Waals surface area contributed by atoms with Gasteiger partial charge in [-0.3, -0.25) is 9.69 Å². The van der Waals surface area contributed by atoms with Crippen LogP contribution in [0.5, 0.6) is 0 Å². The van der Waals surface area contributed by atoms with Crippen LogP contribution in [0.3, 0.4) is 0 Å². The van der Waals surface area contributed by atoms with Crippen LogP contribution in [0.25, 0.3) is 0 Å². The highest BCUT2D eigenvalue weighted by atomic mass is 35.5. The number of carbonyl (C=O) groups is 1. The predicted molar refractivity (Wildman–Crippen MR) is 127 cm³/mol. The van der Waals surface area contributed by atoms with Crippen molar-refractivity contribution in [2.24, 2.45) is 0 Å². The summed E-state index contributed by atoms with van der Waals surface area (Å²) < 4.78 is 40.8. The van der Waals surface area contributed by atoms with Crippen LogP contribution < -0.4 is 0 Å². The average molecular weight is 514 g/mol. The maximum atomic E-state index is 13.2. The van der Waals surface area contributed by atoms with Gasteiger partial charge in [-0.15, -0.1) is 0 Å². The van der Waals surface area contributed by atoms with Crippen LogP contribution in [0, 0.1) is 5.82 Å². The zero-order valence-corrected chi connectivity index (χ0v) is 20.5. The van der Waals surface area contributed by atoms with E-state index in [4.69, 9.17) is 23.2 Å². The number of nitrogens with zero attached hydrogens (tertiary/aromatic N) is 3. The van der Waals surface area contributed by atoms with Gasteiger partial charge in [-0.25, -0.2) is 12.8 Å². The summed E-state index contributed by atoms with van der Waals surface area (Å²) in [5.74, 6) is -0.580. The van der Waals surface area contributed by atoms with E-state index in [1.54, 1.807) is 17.0 Å². The highest BCUT2D eigenvalue weighted by molar-refractivity contribution is 7.89. The molecule has 2 aromatic carbocycles. The molecule has 6 nitrogen and oxygen atoms in total. The standard InChI is InChI=1S/C23H26Cl2FN3O3S/c24-20-15-21(25)22(33(31,32)29-8-2-1-3-9-29)14-19(20)23(30)28-12-10-27(11-13-28)16-17-4-6-18(26)7-5-17/h4-7,14-15H,1-3,8-13,16H2. The van der Waals surface area contributed by atoms with Gasteiger partial charge >= 0.3 is 0 Å². The van der Waals surface area contributed by atoms with Crippen LogP contribution in [0.4, 0.5) is 4.39 Å². The summed E-state index contributed by atoms with van der Waals surface area (Å²) in [4.78, 5) is 17.0. The molecule has 2 aromatic rings. The molecule has 0 unspecified atom stereocenters. The SMILES string of the molecule is O=C(c1cc(S(=O)(=O)N2CCCCC2)c(Cl)cc1Cl)N1CCN(Cc2ccc(F)cc2)CC1. The van der Waals surface area contributed by atoms with Crippen molar-refractivity contribution < 1.29 is 17.6 Å². The van der Waals surface area contributed by atoms with Crippen LogP contribution in [0.1, 0.15) is 35.2 Å². The first-order valence-electron chi connectivity index (χ1n) is 11.0. The molecule has 2 heterocycles. The van der Waals surface area contributed by atoms with E-state index in [-0.39, 0.29) is 32.2 Å². The molecule has 0 atom stereocenters. The van der Waals surface area contributed by atoms with E-state index >= 15 is 0 Å². The number of hydrogen-bond acceptors (Lipinski definition) is 4. The molecule has 4 rings (SSSR count). The van der Waals surface area contributed by atoms with Crippen LogP contribution in [-0.2, 0) is 16.6 Å². The zero-order valence-electron chi connectivity index (χ0n) is 18.1. The van der Waals surface area contributed by atoms with Gasteiger partial charge in [-0.05, 0) is 42.7 Å². The summed E-state index contributed by atoms with van der Waals surface area (Å²) in [7, 11) is -3.81. The monoisotopic (exact) mass is 513 g/mol. The van der Waals surface area contributed by atoms with E-state index in [1.807, 2.05) is 0 Å². The Morgan fingerprint density at radius 1 is 0.879 bits per heavy atom. The zero-order chi connectivity index (χ0) is 23.6. The fourth-order valence-corrected chi connectivity index (χ4v) is 6.61. The molecule has 2 aliphatic heterocycles. The molecule has 2 saturated heterocycles. The molecule has 2 aliphatic rings. The van der Waals surface area contributed by atoms with E-state index in [1.165, 1.54) is 28.6 Å². The first-order valence-corrected chi connectivity index (χ1v) is 13.2. The van der Waals surface area contributed by atoms with Gasteiger partial charge in [0.15, 0.2) is 0 Å². The third-order valence-electron chi connectivity index (χ3n) is 6.16. The minimum atomic E-state index is -3.81. The molecular formula is C23H26Cl2FN3O3S. The van der Waals surface area contributed by atoms with E-state index < -0.39 is 10.0 Å². The van der Waals surface area contributed by atoms with Gasteiger partial charge in [0.25, 0.3) is 5.91 Å².